The highest BCUT2D eigenvalue weighted by Gasteiger charge is 2.14. The van der Waals surface area contributed by atoms with Crippen LogP contribution in [0.1, 0.15) is 0 Å². The summed E-state index contributed by atoms with van der Waals surface area (Å²) in [4.78, 5) is 0. The van der Waals surface area contributed by atoms with E-state index in [4.69, 9.17) is 8.83 Å². The topological polar surface area (TPSA) is 26.3 Å². The molecule has 2 nitrogen and oxygen atoms in total. The highest BCUT2D eigenvalue weighted by atomic mass is 32.1. The minimum atomic E-state index is 0.898. The predicted octanol–water partition coefficient (Wildman–Crippen LogP) is 6.06. The van der Waals surface area contributed by atoms with Gasteiger partial charge in [0, 0.05) is 27.1 Å². The van der Waals surface area contributed by atoms with Crippen LogP contribution in [0.25, 0.3) is 44.2 Å². The molecule has 3 heterocycles. The molecule has 2 aromatic carbocycles. The number of benzene rings is 2. The average molecular weight is 290 g/mol. The Morgan fingerprint density at radius 3 is 2.52 bits per heavy atom. The van der Waals surface area contributed by atoms with Gasteiger partial charge in [0.25, 0.3) is 0 Å². The molecule has 0 aliphatic rings. The summed E-state index contributed by atoms with van der Waals surface area (Å²) in [5.41, 5.74) is 3.84. The smallest absolute Gasteiger partial charge is 0.136 e. The van der Waals surface area contributed by atoms with Gasteiger partial charge in [0.05, 0.1) is 0 Å². The van der Waals surface area contributed by atoms with Crippen molar-refractivity contribution in [3.8, 4) is 11.3 Å². The Bertz CT molecular complexity index is 1080. The maximum absolute atomic E-state index is 6.00. The quantitative estimate of drug-likeness (QED) is 0.375. The second kappa shape index (κ2) is 3.99. The van der Waals surface area contributed by atoms with Gasteiger partial charge in [-0.2, -0.15) is 11.3 Å². The van der Waals surface area contributed by atoms with Gasteiger partial charge in [-0.3, -0.25) is 0 Å². The molecule has 3 heteroatoms. The molecule has 0 spiro atoms. The number of thiophene rings is 1. The summed E-state index contributed by atoms with van der Waals surface area (Å²) in [6, 6.07) is 16.3. The predicted molar refractivity (Wildman–Crippen MR) is 86.8 cm³/mol. The van der Waals surface area contributed by atoms with Crippen LogP contribution in [0, 0.1) is 0 Å². The summed E-state index contributed by atoms with van der Waals surface area (Å²) in [6.45, 7) is 0. The molecule has 0 aliphatic heterocycles. The van der Waals surface area contributed by atoms with Crippen LogP contribution in [-0.4, -0.2) is 0 Å². The normalized spacial score (nSPS) is 11.8. The number of para-hydroxylation sites is 1. The fourth-order valence-corrected chi connectivity index (χ4v) is 3.53. The number of hydrogen-bond acceptors (Lipinski definition) is 3. The molecule has 0 fully saturated rings. The lowest BCUT2D eigenvalue weighted by atomic mass is 10.1. The first-order chi connectivity index (χ1) is 10.4. The molecule has 100 valence electrons. The van der Waals surface area contributed by atoms with Gasteiger partial charge in [-0.1, -0.05) is 18.2 Å². The van der Waals surface area contributed by atoms with Crippen molar-refractivity contribution >= 4 is 44.2 Å². The molecule has 0 bridgehead atoms. The second-order valence-corrected chi connectivity index (χ2v) is 5.85. The van der Waals surface area contributed by atoms with Crippen LogP contribution >= 0.6 is 11.3 Å². The summed E-state index contributed by atoms with van der Waals surface area (Å²) in [5.74, 6) is 0.907. The lowest BCUT2D eigenvalue weighted by Crippen LogP contribution is -1.67. The lowest BCUT2D eigenvalue weighted by molar-refractivity contribution is 0.631. The molecule has 5 aromatic rings. The molecule has 0 N–H and O–H groups in total. The van der Waals surface area contributed by atoms with Crippen molar-refractivity contribution in [1.29, 1.82) is 0 Å². The Morgan fingerprint density at radius 2 is 1.62 bits per heavy atom. The molecular formula is C18H10O2S. The van der Waals surface area contributed by atoms with Gasteiger partial charge in [-0.05, 0) is 35.7 Å². The fraction of sp³-hybridized carbons (Fsp3) is 0. The summed E-state index contributed by atoms with van der Waals surface area (Å²) in [7, 11) is 0. The first kappa shape index (κ1) is 11.2. The zero-order valence-corrected chi connectivity index (χ0v) is 11.8. The Morgan fingerprint density at radius 1 is 0.762 bits per heavy atom. The zero-order valence-electron chi connectivity index (χ0n) is 11.0. The van der Waals surface area contributed by atoms with Crippen LogP contribution < -0.4 is 0 Å². The fourth-order valence-electron chi connectivity index (χ4n) is 2.88. The van der Waals surface area contributed by atoms with Crippen molar-refractivity contribution in [2.24, 2.45) is 0 Å². The number of rotatable bonds is 1. The van der Waals surface area contributed by atoms with Crippen molar-refractivity contribution in [3.05, 3.63) is 59.3 Å². The molecule has 5 rings (SSSR count). The van der Waals surface area contributed by atoms with Crippen LogP contribution in [0.3, 0.4) is 0 Å². The minimum Gasteiger partial charge on any atom is -0.456 e. The average Bonchev–Trinajstić information content (AvgIpc) is 3.23. The Balaban J connectivity index is 1.94. The number of hydrogen-bond donors (Lipinski definition) is 0. The minimum absolute atomic E-state index is 0.898. The van der Waals surface area contributed by atoms with Gasteiger partial charge in [-0.15, -0.1) is 0 Å². The Labute approximate surface area is 124 Å². The van der Waals surface area contributed by atoms with E-state index >= 15 is 0 Å². The Hall–Kier alpha value is -2.52. The third kappa shape index (κ3) is 1.52. The summed E-state index contributed by atoms with van der Waals surface area (Å²) in [6.07, 6.45) is 0. The molecular weight excluding hydrogens is 280 g/mol. The molecule has 0 atom stereocenters. The molecule has 0 saturated carbocycles. The van der Waals surface area contributed by atoms with E-state index in [-0.39, 0.29) is 0 Å². The summed E-state index contributed by atoms with van der Waals surface area (Å²) in [5, 5.41) is 7.54. The van der Waals surface area contributed by atoms with E-state index in [1.54, 1.807) is 11.3 Å². The monoisotopic (exact) mass is 290 g/mol. The van der Waals surface area contributed by atoms with Crippen molar-refractivity contribution in [3.63, 3.8) is 0 Å². The largest absolute Gasteiger partial charge is 0.456 e. The van der Waals surface area contributed by atoms with Gasteiger partial charge >= 0.3 is 0 Å². The Kier molecular flexibility index (Phi) is 2.12. The second-order valence-electron chi connectivity index (χ2n) is 5.07. The van der Waals surface area contributed by atoms with Crippen LogP contribution in [0.15, 0.2) is 68.1 Å². The summed E-state index contributed by atoms with van der Waals surface area (Å²) >= 11 is 1.67. The van der Waals surface area contributed by atoms with E-state index < -0.39 is 0 Å². The summed E-state index contributed by atoms with van der Waals surface area (Å²) < 4.78 is 11.9. The van der Waals surface area contributed by atoms with Gasteiger partial charge in [0.15, 0.2) is 0 Å². The van der Waals surface area contributed by atoms with Crippen LogP contribution in [-0.2, 0) is 0 Å². The molecule has 21 heavy (non-hydrogen) atoms. The van der Waals surface area contributed by atoms with E-state index in [2.05, 4.69) is 29.0 Å². The molecule has 0 radical (unpaired) electrons. The van der Waals surface area contributed by atoms with E-state index in [1.807, 2.05) is 30.3 Å². The standard InChI is InChI=1S/C18H10O2S/c1-2-4-14-12(3-1)18-13-9-17(11-7-8-21-10-11)20-15(13)5-6-16(18)19-14/h1-10H. The number of furan rings is 2. The van der Waals surface area contributed by atoms with Gasteiger partial charge < -0.3 is 8.83 Å². The molecule has 3 aromatic heterocycles. The van der Waals surface area contributed by atoms with Crippen LogP contribution in [0.4, 0.5) is 0 Å². The molecule has 0 saturated heterocycles. The van der Waals surface area contributed by atoms with Gasteiger partial charge in [0.1, 0.15) is 22.5 Å². The third-order valence-corrected chi connectivity index (χ3v) is 4.53. The van der Waals surface area contributed by atoms with Gasteiger partial charge in [0.2, 0.25) is 0 Å². The maximum Gasteiger partial charge on any atom is 0.136 e. The number of fused-ring (bicyclic) bond motifs is 5. The van der Waals surface area contributed by atoms with Gasteiger partial charge in [-0.25, -0.2) is 0 Å². The van der Waals surface area contributed by atoms with E-state index in [0.29, 0.717) is 0 Å². The van der Waals surface area contributed by atoms with Crippen LogP contribution in [0.5, 0.6) is 0 Å². The first-order valence-electron chi connectivity index (χ1n) is 6.76. The van der Waals surface area contributed by atoms with E-state index in [1.165, 1.54) is 0 Å². The van der Waals surface area contributed by atoms with Crippen molar-refractivity contribution < 1.29 is 8.83 Å². The molecule has 0 aliphatic carbocycles. The van der Waals surface area contributed by atoms with Crippen LogP contribution in [0.2, 0.25) is 0 Å². The SMILES string of the molecule is c1ccc2c(c1)oc1ccc3oc(-c4ccsc4)cc3c12. The third-order valence-electron chi connectivity index (χ3n) is 3.84. The highest BCUT2D eigenvalue weighted by Crippen LogP contribution is 2.38. The van der Waals surface area contributed by atoms with E-state index in [9.17, 15) is 0 Å². The van der Waals surface area contributed by atoms with Crippen molar-refractivity contribution in [1.82, 2.24) is 0 Å². The molecule has 0 unspecified atom stereocenters. The maximum atomic E-state index is 6.00. The van der Waals surface area contributed by atoms with Crippen molar-refractivity contribution in [2.45, 2.75) is 0 Å². The van der Waals surface area contributed by atoms with Crippen molar-refractivity contribution in [2.75, 3.05) is 0 Å². The molecule has 0 amide bonds. The van der Waals surface area contributed by atoms with E-state index in [0.717, 1.165) is 44.2 Å². The lowest BCUT2D eigenvalue weighted by Gasteiger charge is -1.90. The first-order valence-corrected chi connectivity index (χ1v) is 7.71. The highest BCUT2D eigenvalue weighted by molar-refractivity contribution is 7.08. The zero-order chi connectivity index (χ0) is 13.8.